The van der Waals surface area contributed by atoms with Gasteiger partial charge in [0.15, 0.2) is 5.75 Å². The lowest BCUT2D eigenvalue weighted by Crippen LogP contribution is -2.12. The van der Waals surface area contributed by atoms with Crippen molar-refractivity contribution in [3.8, 4) is 11.5 Å². The average molecular weight is 342 g/mol. The van der Waals surface area contributed by atoms with Crippen LogP contribution in [0.15, 0.2) is 72.8 Å². The van der Waals surface area contributed by atoms with Gasteiger partial charge in [-0.3, -0.25) is 4.79 Å². The number of carbonyl (C=O) groups is 1. The molecule has 3 rings (SSSR count). The lowest BCUT2D eigenvalue weighted by atomic mass is 10.2. The van der Waals surface area contributed by atoms with E-state index in [1.165, 1.54) is 18.2 Å². The van der Waals surface area contributed by atoms with Gasteiger partial charge >= 0.3 is 0 Å². The first-order valence-electron chi connectivity index (χ1n) is 7.21. The maximum absolute atomic E-state index is 13.3. The molecule has 0 saturated heterocycles. The fourth-order valence-electron chi connectivity index (χ4n) is 2.13. The second-order valence-electron chi connectivity index (χ2n) is 5.02. The summed E-state index contributed by atoms with van der Waals surface area (Å²) in [5, 5.41) is 3.15. The smallest absolute Gasteiger partial charge is 0.255 e. The molecular weight excluding hydrogens is 329 g/mol. The highest BCUT2D eigenvalue weighted by atomic mass is 35.5. The van der Waals surface area contributed by atoms with Gasteiger partial charge in [-0.2, -0.15) is 0 Å². The molecule has 0 bridgehead atoms. The van der Waals surface area contributed by atoms with E-state index < -0.39 is 11.7 Å². The van der Waals surface area contributed by atoms with Crippen LogP contribution in [0.4, 0.5) is 10.1 Å². The van der Waals surface area contributed by atoms with E-state index in [9.17, 15) is 9.18 Å². The molecule has 0 fully saturated rings. The van der Waals surface area contributed by atoms with Crippen molar-refractivity contribution in [1.82, 2.24) is 0 Å². The monoisotopic (exact) mass is 341 g/mol. The Hall–Kier alpha value is -2.85. The Balaban J connectivity index is 1.87. The Labute approximate surface area is 143 Å². The van der Waals surface area contributed by atoms with Crippen LogP contribution < -0.4 is 10.1 Å². The van der Waals surface area contributed by atoms with Crippen molar-refractivity contribution in [3.05, 3.63) is 89.2 Å². The second-order valence-corrected chi connectivity index (χ2v) is 5.46. The van der Waals surface area contributed by atoms with Gasteiger partial charge in [-0.1, -0.05) is 35.9 Å². The number of hydrogen-bond donors (Lipinski definition) is 1. The zero-order valence-electron chi connectivity index (χ0n) is 12.5. The van der Waals surface area contributed by atoms with Gasteiger partial charge in [0, 0.05) is 10.6 Å². The molecule has 0 atom stereocenters. The summed E-state index contributed by atoms with van der Waals surface area (Å²) in [5.74, 6) is 0.139. The number of amides is 1. The summed E-state index contributed by atoms with van der Waals surface area (Å²) in [6.45, 7) is 0. The van der Waals surface area contributed by atoms with Crippen molar-refractivity contribution in [2.45, 2.75) is 0 Å². The number of nitrogens with one attached hydrogen (secondary N) is 1. The van der Waals surface area contributed by atoms with Crippen LogP contribution in [0.3, 0.4) is 0 Å². The summed E-state index contributed by atoms with van der Waals surface area (Å²) in [6, 6.07) is 19.5. The molecule has 0 unspecified atom stereocenters. The zero-order chi connectivity index (χ0) is 16.9. The molecule has 0 heterocycles. The standard InChI is InChI=1S/C19H13ClFNO2/c20-14-9-10-18(24-16-7-2-1-3-8-16)17(12-14)22-19(23)13-5-4-6-15(21)11-13/h1-12H,(H,22,23). The molecule has 120 valence electrons. The lowest BCUT2D eigenvalue weighted by Gasteiger charge is -2.13. The van der Waals surface area contributed by atoms with Crippen LogP contribution in [0.1, 0.15) is 10.4 Å². The maximum Gasteiger partial charge on any atom is 0.255 e. The van der Waals surface area contributed by atoms with Crippen molar-refractivity contribution in [2.75, 3.05) is 5.32 Å². The summed E-state index contributed by atoms with van der Waals surface area (Å²) >= 11 is 6.01. The normalized spacial score (nSPS) is 10.2. The number of anilines is 1. The van der Waals surface area contributed by atoms with E-state index in [4.69, 9.17) is 16.3 Å². The van der Waals surface area contributed by atoms with E-state index in [0.717, 1.165) is 6.07 Å². The first-order valence-corrected chi connectivity index (χ1v) is 7.59. The first kappa shape index (κ1) is 16.0. The van der Waals surface area contributed by atoms with Crippen LogP contribution in [0.5, 0.6) is 11.5 Å². The third-order valence-corrected chi connectivity index (χ3v) is 3.48. The highest BCUT2D eigenvalue weighted by molar-refractivity contribution is 6.31. The average Bonchev–Trinajstić information content (AvgIpc) is 2.58. The SMILES string of the molecule is O=C(Nc1cc(Cl)ccc1Oc1ccccc1)c1cccc(F)c1. The third kappa shape index (κ3) is 3.91. The van der Waals surface area contributed by atoms with Crippen molar-refractivity contribution in [3.63, 3.8) is 0 Å². The van der Waals surface area contributed by atoms with Gasteiger partial charge in [-0.25, -0.2) is 4.39 Å². The van der Waals surface area contributed by atoms with Gasteiger partial charge in [0.25, 0.3) is 5.91 Å². The number of rotatable bonds is 4. The van der Waals surface area contributed by atoms with E-state index in [2.05, 4.69) is 5.32 Å². The molecule has 0 aliphatic heterocycles. The molecule has 0 saturated carbocycles. The summed E-state index contributed by atoms with van der Waals surface area (Å²) in [4.78, 5) is 12.3. The number of ether oxygens (including phenoxy) is 1. The fourth-order valence-corrected chi connectivity index (χ4v) is 2.30. The molecule has 3 nitrogen and oxygen atoms in total. The van der Waals surface area contributed by atoms with Crippen molar-refractivity contribution in [2.24, 2.45) is 0 Å². The maximum atomic E-state index is 13.3. The van der Waals surface area contributed by atoms with Gasteiger partial charge in [-0.05, 0) is 48.5 Å². The van der Waals surface area contributed by atoms with Crippen LogP contribution in [0.2, 0.25) is 5.02 Å². The highest BCUT2D eigenvalue weighted by Crippen LogP contribution is 2.32. The van der Waals surface area contributed by atoms with Gasteiger partial charge in [0.05, 0.1) is 5.69 Å². The molecule has 0 aromatic heterocycles. The van der Waals surface area contributed by atoms with Gasteiger partial charge in [0.2, 0.25) is 0 Å². The molecule has 0 spiro atoms. The number of halogens is 2. The summed E-state index contributed by atoms with van der Waals surface area (Å²) in [7, 11) is 0. The molecule has 24 heavy (non-hydrogen) atoms. The largest absolute Gasteiger partial charge is 0.455 e. The van der Waals surface area contributed by atoms with Crippen LogP contribution in [0, 0.1) is 5.82 Å². The van der Waals surface area contributed by atoms with Crippen molar-refractivity contribution < 1.29 is 13.9 Å². The quantitative estimate of drug-likeness (QED) is 0.678. The van der Waals surface area contributed by atoms with Crippen LogP contribution in [0.25, 0.3) is 0 Å². The molecule has 0 radical (unpaired) electrons. The minimum atomic E-state index is -0.477. The Morgan fingerprint density at radius 3 is 2.50 bits per heavy atom. The van der Waals surface area contributed by atoms with Crippen molar-refractivity contribution in [1.29, 1.82) is 0 Å². The number of benzene rings is 3. The predicted octanol–water partition coefficient (Wildman–Crippen LogP) is 5.52. The molecular formula is C19H13ClFNO2. The summed E-state index contributed by atoms with van der Waals surface area (Å²) in [5.41, 5.74) is 0.612. The highest BCUT2D eigenvalue weighted by Gasteiger charge is 2.12. The van der Waals surface area contributed by atoms with E-state index in [0.29, 0.717) is 22.2 Å². The first-order chi connectivity index (χ1) is 11.6. The Bertz CT molecular complexity index is 868. The van der Waals surface area contributed by atoms with E-state index in [1.807, 2.05) is 18.2 Å². The Morgan fingerprint density at radius 1 is 0.958 bits per heavy atom. The summed E-state index contributed by atoms with van der Waals surface area (Å²) < 4.78 is 19.0. The van der Waals surface area contributed by atoms with Gasteiger partial charge in [-0.15, -0.1) is 0 Å². The second kappa shape index (κ2) is 7.15. The topological polar surface area (TPSA) is 38.3 Å². The van der Waals surface area contributed by atoms with E-state index in [-0.39, 0.29) is 5.56 Å². The number of para-hydroxylation sites is 1. The minimum Gasteiger partial charge on any atom is -0.455 e. The molecule has 0 aliphatic carbocycles. The van der Waals surface area contributed by atoms with Crippen LogP contribution in [-0.2, 0) is 0 Å². The van der Waals surface area contributed by atoms with E-state index >= 15 is 0 Å². The molecule has 1 N–H and O–H groups in total. The fraction of sp³-hybridized carbons (Fsp3) is 0. The third-order valence-electron chi connectivity index (χ3n) is 3.25. The molecule has 5 heteroatoms. The molecule has 0 aliphatic rings. The lowest BCUT2D eigenvalue weighted by molar-refractivity contribution is 0.102. The molecule has 3 aromatic rings. The minimum absolute atomic E-state index is 0.209. The zero-order valence-corrected chi connectivity index (χ0v) is 13.3. The van der Waals surface area contributed by atoms with Crippen LogP contribution >= 0.6 is 11.6 Å². The van der Waals surface area contributed by atoms with Crippen molar-refractivity contribution >= 4 is 23.2 Å². The summed E-state index contributed by atoms with van der Waals surface area (Å²) in [6.07, 6.45) is 0. The molecule has 1 amide bonds. The Morgan fingerprint density at radius 2 is 1.75 bits per heavy atom. The Kier molecular flexibility index (Phi) is 4.77. The van der Waals surface area contributed by atoms with E-state index in [1.54, 1.807) is 30.3 Å². The van der Waals surface area contributed by atoms with Gasteiger partial charge in [0.1, 0.15) is 11.6 Å². The van der Waals surface area contributed by atoms with Gasteiger partial charge < -0.3 is 10.1 Å². The molecule has 3 aromatic carbocycles. The number of hydrogen-bond acceptors (Lipinski definition) is 2. The van der Waals surface area contributed by atoms with Crippen LogP contribution in [-0.4, -0.2) is 5.91 Å². The number of carbonyl (C=O) groups excluding carboxylic acids is 1. The predicted molar refractivity (Wildman–Crippen MR) is 92.3 cm³/mol.